The molecular formula is C25H36N4O7. The third-order valence-electron chi connectivity index (χ3n) is 6.23. The molecule has 4 amide bonds. The molecule has 2 heterocycles. The molecule has 2 aliphatic heterocycles. The summed E-state index contributed by atoms with van der Waals surface area (Å²) < 4.78 is 11.0. The number of ether oxygens (including phenoxy) is 2. The van der Waals surface area contributed by atoms with Gasteiger partial charge in [0, 0.05) is 51.5 Å². The normalized spacial score (nSPS) is 23.4. The molecule has 2 aliphatic rings. The van der Waals surface area contributed by atoms with E-state index in [0.29, 0.717) is 58.5 Å². The molecule has 11 nitrogen and oxygen atoms in total. The molecule has 0 radical (unpaired) electrons. The summed E-state index contributed by atoms with van der Waals surface area (Å²) in [5.41, 5.74) is 0.178. The molecule has 2 bridgehead atoms. The van der Waals surface area contributed by atoms with Crippen molar-refractivity contribution in [1.82, 2.24) is 20.4 Å². The molecule has 1 aromatic carbocycles. The van der Waals surface area contributed by atoms with Crippen molar-refractivity contribution in [3.63, 3.8) is 0 Å². The van der Waals surface area contributed by atoms with E-state index in [0.717, 1.165) is 6.42 Å². The van der Waals surface area contributed by atoms with Crippen molar-refractivity contribution in [2.45, 2.75) is 51.2 Å². The highest BCUT2D eigenvalue weighted by Gasteiger charge is 2.28. The number of aromatic hydroxyl groups is 1. The van der Waals surface area contributed by atoms with Crippen LogP contribution in [0, 0.1) is 0 Å². The Morgan fingerprint density at radius 1 is 1.06 bits per heavy atom. The van der Waals surface area contributed by atoms with Crippen LogP contribution in [-0.2, 0) is 19.1 Å². The SMILES string of the molecule is C[C@@H]1NC(=O)COc2cc(O)cc(c2)C(=O)NCCCN(C(=O)[C@H]2CCCO2)CCCCN(C)C1=O. The van der Waals surface area contributed by atoms with E-state index in [1.165, 1.54) is 18.2 Å². The minimum atomic E-state index is -0.750. The highest BCUT2D eigenvalue weighted by molar-refractivity contribution is 5.95. The Morgan fingerprint density at radius 2 is 1.81 bits per heavy atom. The van der Waals surface area contributed by atoms with Crippen LogP contribution in [0.15, 0.2) is 18.2 Å². The Kier molecular flexibility index (Phi) is 9.92. The predicted molar refractivity (Wildman–Crippen MR) is 131 cm³/mol. The largest absolute Gasteiger partial charge is 0.508 e. The van der Waals surface area contributed by atoms with E-state index in [2.05, 4.69) is 10.6 Å². The fourth-order valence-corrected chi connectivity index (χ4v) is 4.27. The molecule has 36 heavy (non-hydrogen) atoms. The molecule has 3 N–H and O–H groups in total. The molecular weight excluding hydrogens is 468 g/mol. The molecule has 0 aromatic heterocycles. The molecule has 0 unspecified atom stereocenters. The van der Waals surface area contributed by atoms with Gasteiger partial charge in [-0.1, -0.05) is 0 Å². The molecule has 11 heteroatoms. The van der Waals surface area contributed by atoms with Crippen molar-refractivity contribution in [3.8, 4) is 11.5 Å². The molecule has 0 saturated carbocycles. The lowest BCUT2D eigenvalue weighted by molar-refractivity contribution is -0.141. The number of hydrogen-bond donors (Lipinski definition) is 3. The van der Waals surface area contributed by atoms with Crippen LogP contribution in [0.3, 0.4) is 0 Å². The zero-order valence-electron chi connectivity index (χ0n) is 21.0. The number of carbonyl (C=O) groups excluding carboxylic acids is 4. The Hall–Kier alpha value is -3.34. The summed E-state index contributed by atoms with van der Waals surface area (Å²) in [6, 6.07) is 3.28. The van der Waals surface area contributed by atoms with Crippen molar-refractivity contribution in [2.75, 3.05) is 46.4 Å². The number of nitrogens with zero attached hydrogens (tertiary/aromatic N) is 2. The first-order valence-corrected chi connectivity index (χ1v) is 12.4. The van der Waals surface area contributed by atoms with Crippen molar-refractivity contribution in [2.24, 2.45) is 0 Å². The molecule has 1 fully saturated rings. The van der Waals surface area contributed by atoms with Crippen molar-refractivity contribution in [1.29, 1.82) is 0 Å². The topological polar surface area (TPSA) is 138 Å². The number of nitrogens with one attached hydrogen (secondary N) is 2. The number of fused-ring (bicyclic) bond motifs is 2. The Balaban J connectivity index is 1.72. The minimum absolute atomic E-state index is 0.0449. The van der Waals surface area contributed by atoms with Crippen molar-refractivity contribution >= 4 is 23.6 Å². The summed E-state index contributed by atoms with van der Waals surface area (Å²) in [4.78, 5) is 53.8. The Morgan fingerprint density at radius 3 is 2.56 bits per heavy atom. The van der Waals surface area contributed by atoms with Gasteiger partial charge in [0.15, 0.2) is 6.61 Å². The van der Waals surface area contributed by atoms with Gasteiger partial charge in [0.05, 0.1) is 0 Å². The average molecular weight is 505 g/mol. The van der Waals surface area contributed by atoms with Crippen LogP contribution in [0.2, 0.25) is 0 Å². The highest BCUT2D eigenvalue weighted by Crippen LogP contribution is 2.22. The fourth-order valence-electron chi connectivity index (χ4n) is 4.27. The van der Waals surface area contributed by atoms with Gasteiger partial charge in [-0.15, -0.1) is 0 Å². The molecule has 2 atom stereocenters. The number of hydrogen-bond acceptors (Lipinski definition) is 7. The lowest BCUT2D eigenvalue weighted by Gasteiger charge is -2.26. The number of rotatable bonds is 1. The fraction of sp³-hybridized carbons (Fsp3) is 0.600. The average Bonchev–Trinajstić information content (AvgIpc) is 3.39. The maximum Gasteiger partial charge on any atom is 0.258 e. The van der Waals surface area contributed by atoms with Gasteiger partial charge in [-0.05, 0) is 51.2 Å². The van der Waals surface area contributed by atoms with E-state index in [-0.39, 0.29) is 35.5 Å². The van der Waals surface area contributed by atoms with Gasteiger partial charge < -0.3 is 35.0 Å². The van der Waals surface area contributed by atoms with Crippen LogP contribution in [0.1, 0.15) is 49.4 Å². The van der Waals surface area contributed by atoms with E-state index in [4.69, 9.17) is 9.47 Å². The molecule has 0 aliphatic carbocycles. The number of likely N-dealkylation sites (N-methyl/N-ethyl adjacent to an activating group) is 1. The molecule has 1 aromatic rings. The monoisotopic (exact) mass is 504 g/mol. The summed E-state index contributed by atoms with van der Waals surface area (Å²) in [6.45, 7) is 3.61. The van der Waals surface area contributed by atoms with Gasteiger partial charge in [-0.3, -0.25) is 19.2 Å². The van der Waals surface area contributed by atoms with E-state index in [1.54, 1.807) is 23.8 Å². The number of phenols is 1. The quantitative estimate of drug-likeness (QED) is 0.511. The van der Waals surface area contributed by atoms with Gasteiger partial charge in [-0.25, -0.2) is 0 Å². The van der Waals surface area contributed by atoms with Crippen LogP contribution in [0.25, 0.3) is 0 Å². The molecule has 0 spiro atoms. The Bertz CT molecular complexity index is 948. The summed E-state index contributed by atoms with van der Waals surface area (Å²) >= 11 is 0. The first kappa shape index (κ1) is 27.3. The van der Waals surface area contributed by atoms with Gasteiger partial charge in [0.25, 0.3) is 17.7 Å². The maximum absolute atomic E-state index is 13.0. The van der Waals surface area contributed by atoms with Crippen molar-refractivity contribution < 1.29 is 33.8 Å². The zero-order chi connectivity index (χ0) is 26.1. The Labute approximate surface area is 211 Å². The lowest BCUT2D eigenvalue weighted by Crippen LogP contribution is -2.47. The van der Waals surface area contributed by atoms with Crippen LogP contribution >= 0.6 is 0 Å². The smallest absolute Gasteiger partial charge is 0.258 e. The number of phenolic OH excluding ortho intramolecular Hbond substituents is 1. The summed E-state index contributed by atoms with van der Waals surface area (Å²) in [6.07, 6.45) is 3.07. The third-order valence-corrected chi connectivity index (χ3v) is 6.23. The van der Waals surface area contributed by atoms with Crippen LogP contribution in [0.4, 0.5) is 0 Å². The van der Waals surface area contributed by atoms with Gasteiger partial charge >= 0.3 is 0 Å². The van der Waals surface area contributed by atoms with Gasteiger partial charge in [0.1, 0.15) is 23.6 Å². The van der Waals surface area contributed by atoms with E-state index in [1.807, 2.05) is 0 Å². The first-order valence-electron chi connectivity index (χ1n) is 12.4. The molecule has 3 rings (SSSR count). The van der Waals surface area contributed by atoms with Gasteiger partial charge in [0.2, 0.25) is 5.91 Å². The standard InChI is InChI=1S/C25H36N4O7/c1-17-24(33)28(2)9-3-4-10-29(25(34)21-7-5-12-35-21)11-6-8-26-23(32)18-13-19(30)15-20(14-18)36-16-22(31)27-17/h13-15,17,21,30H,3-12,16H2,1-2H3,(H,26,32)(H,27,31)/t17-,21+/m0/s1. The second-order valence-electron chi connectivity index (χ2n) is 9.20. The minimum Gasteiger partial charge on any atom is -0.508 e. The van der Waals surface area contributed by atoms with Crippen LogP contribution < -0.4 is 15.4 Å². The lowest BCUT2D eigenvalue weighted by atomic mass is 10.1. The summed E-state index contributed by atoms with van der Waals surface area (Å²) in [7, 11) is 1.68. The van der Waals surface area contributed by atoms with Crippen LogP contribution in [-0.4, -0.2) is 97.1 Å². The number of carbonyl (C=O) groups is 4. The summed E-state index contributed by atoms with van der Waals surface area (Å²) in [5, 5.41) is 15.4. The maximum atomic E-state index is 13.0. The number of benzene rings is 1. The van der Waals surface area contributed by atoms with E-state index >= 15 is 0 Å². The van der Waals surface area contributed by atoms with E-state index < -0.39 is 24.0 Å². The molecule has 1 saturated heterocycles. The summed E-state index contributed by atoms with van der Waals surface area (Å²) in [5.74, 6) is -1.23. The molecule has 198 valence electrons. The van der Waals surface area contributed by atoms with E-state index in [9.17, 15) is 24.3 Å². The third kappa shape index (κ3) is 7.84. The zero-order valence-corrected chi connectivity index (χ0v) is 21.0. The first-order chi connectivity index (χ1) is 17.2. The van der Waals surface area contributed by atoms with Gasteiger partial charge in [-0.2, -0.15) is 0 Å². The predicted octanol–water partition coefficient (Wildman–Crippen LogP) is 0.655. The highest BCUT2D eigenvalue weighted by atomic mass is 16.5. The second kappa shape index (κ2) is 13.1. The second-order valence-corrected chi connectivity index (χ2v) is 9.20. The number of amides is 4. The van der Waals surface area contributed by atoms with Crippen LogP contribution in [0.5, 0.6) is 11.5 Å². The van der Waals surface area contributed by atoms with Crippen molar-refractivity contribution in [3.05, 3.63) is 23.8 Å².